The fraction of sp³-hybridized carbons (Fsp3) is 0.222. The van der Waals surface area contributed by atoms with Crippen molar-refractivity contribution >= 4 is 5.97 Å². The van der Waals surface area contributed by atoms with Crippen LogP contribution < -0.4 is 5.73 Å². The molecule has 0 bridgehead atoms. The van der Waals surface area contributed by atoms with Gasteiger partial charge >= 0.3 is 5.97 Å². The molecule has 4 N–H and O–H groups in total. The molecule has 0 heterocycles. The second-order valence-corrected chi connectivity index (χ2v) is 2.82. The van der Waals surface area contributed by atoms with Crippen molar-refractivity contribution in [3.63, 3.8) is 0 Å². The Hall–Kier alpha value is -1.06. The Labute approximate surface area is 91.7 Å². The predicted octanol–water partition coefficient (Wildman–Crippen LogP) is 0.344. The van der Waals surface area contributed by atoms with Gasteiger partial charge in [-0.25, -0.2) is 0 Å². The van der Waals surface area contributed by atoms with E-state index in [0.29, 0.717) is 0 Å². The van der Waals surface area contributed by atoms with Gasteiger partial charge in [0.2, 0.25) is 0 Å². The smallest absolute Gasteiger partial charge is 0.320 e. The molecule has 1 aromatic rings. The van der Waals surface area contributed by atoms with Crippen molar-refractivity contribution in [1.29, 1.82) is 0 Å². The number of benzene rings is 1. The van der Waals surface area contributed by atoms with E-state index in [1.165, 1.54) is 12.1 Å². The summed E-state index contributed by atoms with van der Waals surface area (Å²) in [5.41, 5.74) is 6.12. The number of nitrogens with two attached hydrogens (primary N) is 1. The van der Waals surface area contributed by atoms with Crippen LogP contribution >= 0.6 is 0 Å². The first-order chi connectivity index (χ1) is 6.09. The summed E-state index contributed by atoms with van der Waals surface area (Å²) in [6.45, 7) is 0. The van der Waals surface area contributed by atoms with Gasteiger partial charge in [0.1, 0.15) is 11.8 Å². The van der Waals surface area contributed by atoms with Crippen molar-refractivity contribution in [3.05, 3.63) is 29.8 Å². The number of aromatic hydroxyl groups is 1. The van der Waals surface area contributed by atoms with Crippen molar-refractivity contribution in [1.82, 2.24) is 0 Å². The second-order valence-electron chi connectivity index (χ2n) is 2.82. The van der Waals surface area contributed by atoms with Crippen molar-refractivity contribution in [3.8, 4) is 5.75 Å². The fourth-order valence-corrected chi connectivity index (χ4v) is 0.973. The number of hydrogen-bond donors (Lipinski definition) is 3. The van der Waals surface area contributed by atoms with Crippen LogP contribution in [-0.2, 0) is 27.7 Å². The first kappa shape index (κ1) is 12.9. The zero-order chi connectivity index (χ0) is 9.84. The van der Waals surface area contributed by atoms with Crippen molar-refractivity contribution < 1.29 is 31.5 Å². The summed E-state index contributed by atoms with van der Waals surface area (Å²) in [6, 6.07) is 5.42. The van der Waals surface area contributed by atoms with Gasteiger partial charge in [0.05, 0.1) is 0 Å². The molecule has 0 fully saturated rings. The van der Waals surface area contributed by atoms with Crippen molar-refractivity contribution in [2.24, 2.45) is 5.73 Å². The summed E-state index contributed by atoms with van der Waals surface area (Å²) in [5, 5.41) is 17.5. The van der Waals surface area contributed by atoms with E-state index in [1.54, 1.807) is 12.1 Å². The van der Waals surface area contributed by atoms with Crippen LogP contribution in [0.15, 0.2) is 24.3 Å². The first-order valence-electron chi connectivity index (χ1n) is 3.86. The third-order valence-electron chi connectivity index (χ3n) is 1.71. The first-order valence-corrected chi connectivity index (χ1v) is 3.86. The number of phenolic OH excluding ortho intramolecular Hbond substituents is 1. The van der Waals surface area contributed by atoms with E-state index in [0.717, 1.165) is 5.56 Å². The molecule has 1 rings (SSSR count). The van der Waals surface area contributed by atoms with Crippen LogP contribution in [0, 0.1) is 0 Å². The van der Waals surface area contributed by atoms with E-state index in [9.17, 15) is 4.79 Å². The molecule has 0 saturated carbocycles. The molecular weight excluding hydrogens is 229 g/mol. The average Bonchev–Trinajstić information content (AvgIpc) is 2.08. The molecule has 0 aliphatic carbocycles. The maximum atomic E-state index is 10.4. The number of carbonyl (C=O) groups is 1. The summed E-state index contributed by atoms with van der Waals surface area (Å²) in [5.74, 6) is -0.860. The van der Waals surface area contributed by atoms with Crippen LogP contribution in [0.1, 0.15) is 5.56 Å². The monoisotopic (exact) mass is 239 g/mol. The minimum absolute atomic E-state index is 0. The molecule has 1 aromatic carbocycles. The van der Waals surface area contributed by atoms with Crippen LogP contribution in [0.4, 0.5) is 0 Å². The number of carboxylic acids is 1. The largest absolute Gasteiger partial charge is 0.508 e. The zero-order valence-corrected chi connectivity index (χ0v) is 8.28. The van der Waals surface area contributed by atoms with E-state index in [2.05, 4.69) is 0 Å². The Bertz CT molecular complexity index is 299. The molecule has 0 aliphatic heterocycles. The molecule has 0 radical (unpaired) electrons. The van der Waals surface area contributed by atoms with Crippen LogP contribution in [0.25, 0.3) is 0 Å². The summed E-state index contributed by atoms with van der Waals surface area (Å²) in [6.07, 6.45) is 0.273. The van der Waals surface area contributed by atoms with Gasteiger partial charge in [-0.15, -0.1) is 0 Å². The van der Waals surface area contributed by atoms with E-state index >= 15 is 0 Å². The fourth-order valence-electron chi connectivity index (χ4n) is 0.973. The van der Waals surface area contributed by atoms with Crippen molar-refractivity contribution in [2.75, 3.05) is 0 Å². The minimum atomic E-state index is -1.02. The van der Waals surface area contributed by atoms with Gasteiger partial charge in [-0.05, 0) is 24.1 Å². The van der Waals surface area contributed by atoms with Crippen LogP contribution in [0.5, 0.6) is 5.75 Å². The normalized spacial score (nSPS) is 11.5. The molecule has 0 amide bonds. The second kappa shape index (κ2) is 5.63. The minimum Gasteiger partial charge on any atom is -0.508 e. The number of carboxylic acid groups (broad SMARTS) is 1. The quantitative estimate of drug-likeness (QED) is 0.665. The number of phenols is 1. The molecule has 80 valence electrons. The third kappa shape index (κ3) is 3.77. The SMILES string of the molecule is NC(Cc1ccc(O)cc1)C(=O)O.[Ni]. The number of aliphatic carboxylic acids is 1. The van der Waals surface area contributed by atoms with E-state index in [4.69, 9.17) is 15.9 Å². The van der Waals surface area contributed by atoms with Crippen LogP contribution in [0.3, 0.4) is 0 Å². The molecule has 5 heteroatoms. The van der Waals surface area contributed by atoms with Gasteiger partial charge in [0.25, 0.3) is 0 Å². The molecule has 4 nitrogen and oxygen atoms in total. The van der Waals surface area contributed by atoms with Gasteiger partial charge in [0, 0.05) is 16.5 Å². The Morgan fingerprint density at radius 2 is 1.86 bits per heavy atom. The summed E-state index contributed by atoms with van der Waals surface area (Å²) < 4.78 is 0. The summed E-state index contributed by atoms with van der Waals surface area (Å²) >= 11 is 0. The Morgan fingerprint density at radius 1 is 1.36 bits per heavy atom. The zero-order valence-electron chi connectivity index (χ0n) is 7.29. The number of hydrogen-bond acceptors (Lipinski definition) is 3. The molecule has 0 aliphatic rings. The van der Waals surface area contributed by atoms with Gasteiger partial charge in [-0.2, -0.15) is 0 Å². The maximum absolute atomic E-state index is 10.4. The van der Waals surface area contributed by atoms with Crippen LogP contribution in [-0.4, -0.2) is 22.2 Å². The van der Waals surface area contributed by atoms with E-state index in [-0.39, 0.29) is 28.7 Å². The molecule has 1 unspecified atom stereocenters. The summed E-state index contributed by atoms with van der Waals surface area (Å²) in [7, 11) is 0. The van der Waals surface area contributed by atoms with Crippen molar-refractivity contribution in [2.45, 2.75) is 12.5 Å². The van der Waals surface area contributed by atoms with E-state index < -0.39 is 12.0 Å². The molecule has 14 heavy (non-hydrogen) atoms. The number of rotatable bonds is 3. The standard InChI is InChI=1S/C9H11NO3.Ni/c10-8(9(12)13)5-6-1-3-7(11)4-2-6;/h1-4,8,11H,5,10H2,(H,12,13);. The molecular formula is C9H11NNiO3. The Balaban J connectivity index is 0.00000169. The van der Waals surface area contributed by atoms with E-state index in [1.807, 2.05) is 0 Å². The van der Waals surface area contributed by atoms with Gasteiger partial charge in [-0.3, -0.25) is 4.79 Å². The van der Waals surface area contributed by atoms with Gasteiger partial charge in [0.15, 0.2) is 0 Å². The molecule has 0 saturated heterocycles. The summed E-state index contributed by atoms with van der Waals surface area (Å²) in [4.78, 5) is 10.4. The van der Waals surface area contributed by atoms with Gasteiger partial charge in [-0.1, -0.05) is 12.1 Å². The third-order valence-corrected chi connectivity index (χ3v) is 1.71. The maximum Gasteiger partial charge on any atom is 0.320 e. The molecule has 0 spiro atoms. The molecule has 1 atom stereocenters. The average molecular weight is 240 g/mol. The Morgan fingerprint density at radius 3 is 2.29 bits per heavy atom. The topological polar surface area (TPSA) is 83.5 Å². The van der Waals surface area contributed by atoms with Crippen LogP contribution in [0.2, 0.25) is 0 Å². The van der Waals surface area contributed by atoms with Gasteiger partial charge < -0.3 is 15.9 Å². The predicted molar refractivity (Wildman–Crippen MR) is 47.4 cm³/mol. The molecule has 0 aromatic heterocycles. The Kier molecular flexibility index (Phi) is 5.20.